The molecule has 0 radical (unpaired) electrons. The third-order valence-corrected chi connectivity index (χ3v) is 5.46. The molecule has 26 heavy (non-hydrogen) atoms. The lowest BCUT2D eigenvalue weighted by atomic mass is 9.98. The number of aliphatic imine (C=N–C) groups is 1. The normalized spacial score (nSPS) is 16.9. The third-order valence-electron chi connectivity index (χ3n) is 4.15. The Bertz CT molecular complexity index is 738. The maximum Gasteiger partial charge on any atom is 0.191 e. The van der Waals surface area contributed by atoms with E-state index in [9.17, 15) is 0 Å². The van der Waals surface area contributed by atoms with E-state index in [1.807, 2.05) is 12.1 Å². The van der Waals surface area contributed by atoms with Crippen molar-refractivity contribution in [2.24, 2.45) is 4.99 Å². The summed E-state index contributed by atoms with van der Waals surface area (Å²) < 4.78 is 5.98. The van der Waals surface area contributed by atoms with Gasteiger partial charge in [0.15, 0.2) is 5.96 Å². The summed E-state index contributed by atoms with van der Waals surface area (Å²) in [6.07, 6.45) is 1.08. The maximum absolute atomic E-state index is 5.98. The van der Waals surface area contributed by atoms with E-state index in [1.165, 1.54) is 5.56 Å². The second-order valence-corrected chi connectivity index (χ2v) is 8.38. The monoisotopic (exact) mass is 372 g/mol. The Morgan fingerprint density at radius 2 is 2.12 bits per heavy atom. The molecule has 140 valence electrons. The van der Waals surface area contributed by atoms with E-state index in [4.69, 9.17) is 9.72 Å². The Morgan fingerprint density at radius 3 is 2.81 bits per heavy atom. The second-order valence-electron chi connectivity index (χ2n) is 7.52. The van der Waals surface area contributed by atoms with Gasteiger partial charge < -0.3 is 15.4 Å². The van der Waals surface area contributed by atoms with Crippen molar-refractivity contribution in [3.63, 3.8) is 0 Å². The van der Waals surface area contributed by atoms with Crippen LogP contribution >= 0.6 is 11.3 Å². The van der Waals surface area contributed by atoms with Gasteiger partial charge in [0.05, 0.1) is 23.8 Å². The van der Waals surface area contributed by atoms with Crippen molar-refractivity contribution in [1.29, 1.82) is 0 Å². The number of benzene rings is 1. The van der Waals surface area contributed by atoms with E-state index in [0.717, 1.165) is 41.9 Å². The Balaban J connectivity index is 1.55. The molecule has 0 fully saturated rings. The number of nitrogens with one attached hydrogen (secondary N) is 2. The Morgan fingerprint density at radius 1 is 1.31 bits per heavy atom. The molecule has 5 nitrogen and oxygen atoms in total. The van der Waals surface area contributed by atoms with Gasteiger partial charge in [0.2, 0.25) is 0 Å². The number of para-hydroxylation sites is 1. The van der Waals surface area contributed by atoms with Gasteiger partial charge in [-0.05, 0) is 18.6 Å². The van der Waals surface area contributed by atoms with Gasteiger partial charge >= 0.3 is 0 Å². The molecule has 6 heteroatoms. The number of thiazole rings is 1. The first-order valence-electron chi connectivity index (χ1n) is 9.17. The fraction of sp³-hybridized carbons (Fsp3) is 0.500. The van der Waals surface area contributed by atoms with Crippen molar-refractivity contribution in [1.82, 2.24) is 15.6 Å². The van der Waals surface area contributed by atoms with Gasteiger partial charge in [0, 0.05) is 23.8 Å². The molecule has 0 bridgehead atoms. The Hall–Kier alpha value is -2.08. The van der Waals surface area contributed by atoms with Crippen LogP contribution in [-0.2, 0) is 18.4 Å². The zero-order valence-corrected chi connectivity index (χ0v) is 16.8. The molecule has 2 N–H and O–H groups in total. The molecule has 0 amide bonds. The molecule has 3 rings (SSSR count). The fourth-order valence-electron chi connectivity index (χ4n) is 2.80. The highest BCUT2D eigenvalue weighted by atomic mass is 32.1. The molecular formula is C20H28N4OS. The van der Waals surface area contributed by atoms with E-state index >= 15 is 0 Å². The number of nitrogens with zero attached hydrogens (tertiary/aromatic N) is 2. The molecule has 1 aromatic carbocycles. The van der Waals surface area contributed by atoms with Crippen LogP contribution in [0, 0.1) is 0 Å². The lowest BCUT2D eigenvalue weighted by Crippen LogP contribution is -2.42. The molecule has 0 saturated heterocycles. The molecular weight excluding hydrogens is 344 g/mol. The van der Waals surface area contributed by atoms with Crippen LogP contribution in [-0.4, -0.2) is 30.1 Å². The van der Waals surface area contributed by atoms with Crippen molar-refractivity contribution >= 4 is 17.3 Å². The first-order chi connectivity index (χ1) is 12.5. The van der Waals surface area contributed by atoms with Crippen LogP contribution in [0.3, 0.4) is 0 Å². The van der Waals surface area contributed by atoms with Crippen LogP contribution < -0.4 is 15.4 Å². The largest absolute Gasteiger partial charge is 0.488 e. The van der Waals surface area contributed by atoms with Crippen molar-refractivity contribution in [2.45, 2.75) is 52.2 Å². The molecule has 0 aliphatic carbocycles. The summed E-state index contributed by atoms with van der Waals surface area (Å²) in [6.45, 7) is 10.7. The minimum absolute atomic E-state index is 0.0875. The summed E-state index contributed by atoms with van der Waals surface area (Å²) in [5.74, 6) is 1.80. The lowest BCUT2D eigenvalue weighted by Gasteiger charge is -2.15. The summed E-state index contributed by atoms with van der Waals surface area (Å²) in [4.78, 5) is 9.38. The first kappa shape index (κ1) is 18.7. The SMILES string of the molecule is CCNC(=NCc1csc(C(C)(C)C)n1)NCC1Cc2ccccc2O1. The molecule has 1 unspecified atom stereocenters. The number of rotatable bonds is 5. The molecule has 2 heterocycles. The molecule has 0 saturated carbocycles. The summed E-state index contributed by atoms with van der Waals surface area (Å²) in [6, 6.07) is 8.23. The van der Waals surface area contributed by atoms with Gasteiger partial charge in [0.25, 0.3) is 0 Å². The first-order valence-corrected chi connectivity index (χ1v) is 10.1. The van der Waals surface area contributed by atoms with Crippen LogP contribution in [0.25, 0.3) is 0 Å². The van der Waals surface area contributed by atoms with Crippen molar-refractivity contribution < 1.29 is 4.74 Å². The lowest BCUT2D eigenvalue weighted by molar-refractivity contribution is 0.235. The van der Waals surface area contributed by atoms with Crippen LogP contribution in [0.1, 0.15) is 44.0 Å². The number of ether oxygens (including phenoxy) is 1. The van der Waals surface area contributed by atoms with Crippen molar-refractivity contribution in [3.05, 3.63) is 45.9 Å². The number of hydrogen-bond acceptors (Lipinski definition) is 4. The topological polar surface area (TPSA) is 58.5 Å². The van der Waals surface area contributed by atoms with Crippen LogP contribution in [0.5, 0.6) is 5.75 Å². The molecule has 1 aromatic heterocycles. The highest BCUT2D eigenvalue weighted by molar-refractivity contribution is 7.09. The van der Waals surface area contributed by atoms with Gasteiger partial charge in [-0.2, -0.15) is 0 Å². The van der Waals surface area contributed by atoms with E-state index in [1.54, 1.807) is 11.3 Å². The second kappa shape index (κ2) is 8.08. The summed E-state index contributed by atoms with van der Waals surface area (Å²) in [7, 11) is 0. The highest BCUT2D eigenvalue weighted by Crippen LogP contribution is 2.28. The molecule has 1 aliphatic rings. The van der Waals surface area contributed by atoms with E-state index in [-0.39, 0.29) is 11.5 Å². The average molecular weight is 373 g/mol. The number of aromatic nitrogens is 1. The van der Waals surface area contributed by atoms with E-state index < -0.39 is 0 Å². The van der Waals surface area contributed by atoms with Gasteiger partial charge in [-0.15, -0.1) is 11.3 Å². The predicted molar refractivity (Wildman–Crippen MR) is 108 cm³/mol. The van der Waals surface area contributed by atoms with Crippen LogP contribution in [0.15, 0.2) is 34.6 Å². The molecule has 0 spiro atoms. The fourth-order valence-corrected chi connectivity index (χ4v) is 3.70. The average Bonchev–Trinajstić information content (AvgIpc) is 3.23. The highest BCUT2D eigenvalue weighted by Gasteiger charge is 2.22. The van der Waals surface area contributed by atoms with Crippen molar-refractivity contribution in [3.8, 4) is 5.75 Å². The number of guanidine groups is 1. The van der Waals surface area contributed by atoms with Gasteiger partial charge in [-0.3, -0.25) is 0 Å². The zero-order valence-electron chi connectivity index (χ0n) is 16.0. The van der Waals surface area contributed by atoms with Gasteiger partial charge in [-0.25, -0.2) is 9.98 Å². The summed E-state index contributed by atoms with van der Waals surface area (Å²) >= 11 is 1.71. The number of hydrogen-bond donors (Lipinski definition) is 2. The maximum atomic E-state index is 5.98. The van der Waals surface area contributed by atoms with Crippen LogP contribution in [0.2, 0.25) is 0 Å². The Labute approximate surface area is 159 Å². The van der Waals surface area contributed by atoms with Gasteiger partial charge in [-0.1, -0.05) is 39.0 Å². The van der Waals surface area contributed by atoms with Gasteiger partial charge in [0.1, 0.15) is 11.9 Å². The smallest absolute Gasteiger partial charge is 0.191 e. The minimum atomic E-state index is 0.0875. The molecule has 1 atom stereocenters. The number of fused-ring (bicyclic) bond motifs is 1. The summed E-state index contributed by atoms with van der Waals surface area (Å²) in [5.41, 5.74) is 2.38. The minimum Gasteiger partial charge on any atom is -0.488 e. The van der Waals surface area contributed by atoms with E-state index in [2.05, 4.69) is 60.8 Å². The predicted octanol–water partition coefficient (Wildman–Crippen LogP) is 3.50. The Kier molecular flexibility index (Phi) is 5.81. The summed E-state index contributed by atoms with van der Waals surface area (Å²) in [5, 5.41) is 9.94. The quantitative estimate of drug-likeness (QED) is 0.623. The van der Waals surface area contributed by atoms with Crippen molar-refractivity contribution in [2.75, 3.05) is 13.1 Å². The zero-order chi connectivity index (χ0) is 18.6. The molecule has 2 aromatic rings. The van der Waals surface area contributed by atoms with Crippen LogP contribution in [0.4, 0.5) is 0 Å². The third kappa shape index (κ3) is 4.75. The molecule has 1 aliphatic heterocycles. The van der Waals surface area contributed by atoms with E-state index in [0.29, 0.717) is 6.54 Å². The standard InChI is InChI=1S/C20H28N4OS/c1-5-21-19(22-11-15-13-26-18(24-15)20(2,3)4)23-12-16-10-14-8-6-7-9-17(14)25-16/h6-9,13,16H,5,10-12H2,1-4H3,(H2,21,22,23).